The Morgan fingerprint density at radius 1 is 0.842 bits per heavy atom. The minimum atomic E-state index is -0.874. The highest BCUT2D eigenvalue weighted by molar-refractivity contribution is 5.82. The van der Waals surface area contributed by atoms with Gasteiger partial charge in [-0.3, -0.25) is 4.79 Å². The average molecular weight is 523 g/mol. The second kappa shape index (κ2) is 13.7. The van der Waals surface area contributed by atoms with Crippen molar-refractivity contribution in [1.29, 1.82) is 0 Å². The van der Waals surface area contributed by atoms with Crippen molar-refractivity contribution in [3.05, 3.63) is 77.4 Å². The topological polar surface area (TPSA) is 116 Å². The summed E-state index contributed by atoms with van der Waals surface area (Å²) in [7, 11) is 1.48. The van der Waals surface area contributed by atoms with Gasteiger partial charge in [0, 0.05) is 12.3 Å². The van der Waals surface area contributed by atoms with Gasteiger partial charge in [-0.1, -0.05) is 50.2 Å². The summed E-state index contributed by atoms with van der Waals surface area (Å²) in [5, 5.41) is 41.3. The Hall–Kier alpha value is -3.71. The molecule has 0 spiro atoms. The van der Waals surface area contributed by atoms with Gasteiger partial charge in [0.1, 0.15) is 5.78 Å². The van der Waals surface area contributed by atoms with Crippen LogP contribution in [-0.4, -0.2) is 46.0 Å². The number of aliphatic hydroxyl groups excluding tert-OH is 1. The van der Waals surface area contributed by atoms with Crippen molar-refractivity contribution in [3.8, 4) is 28.7 Å². The highest BCUT2D eigenvalue weighted by atomic mass is 16.5. The fourth-order valence-electron chi connectivity index (χ4n) is 4.34. The smallest absolute Gasteiger partial charge is 0.200 e. The molecule has 0 aromatic heterocycles. The highest BCUT2D eigenvalue weighted by Gasteiger charge is 2.27. The molecule has 204 valence electrons. The number of ketones is 1. The molecule has 3 aromatic rings. The molecule has 7 nitrogen and oxygen atoms in total. The normalized spacial score (nSPS) is 12.8. The van der Waals surface area contributed by atoms with Crippen molar-refractivity contribution in [2.75, 3.05) is 13.7 Å². The van der Waals surface area contributed by atoms with Crippen LogP contribution < -0.4 is 9.47 Å². The van der Waals surface area contributed by atoms with Crippen molar-refractivity contribution in [2.45, 2.75) is 52.1 Å². The van der Waals surface area contributed by atoms with Crippen LogP contribution in [0.1, 0.15) is 43.4 Å². The molecule has 2 unspecified atom stereocenters. The summed E-state index contributed by atoms with van der Waals surface area (Å²) in [6, 6.07) is 17.7. The first-order chi connectivity index (χ1) is 18.2. The second-order valence-corrected chi connectivity index (χ2v) is 10.0. The summed E-state index contributed by atoms with van der Waals surface area (Å²) >= 11 is 0. The Balaban J connectivity index is 1.72. The van der Waals surface area contributed by atoms with Gasteiger partial charge in [0.2, 0.25) is 5.75 Å². The van der Waals surface area contributed by atoms with Crippen LogP contribution in [0.3, 0.4) is 0 Å². The third-order valence-electron chi connectivity index (χ3n) is 6.50. The predicted molar refractivity (Wildman–Crippen MR) is 146 cm³/mol. The van der Waals surface area contributed by atoms with E-state index in [2.05, 4.69) is 0 Å². The van der Waals surface area contributed by atoms with Crippen LogP contribution in [0.4, 0.5) is 0 Å². The number of phenolic OH excluding ortho intramolecular Hbond substituents is 3. The lowest BCUT2D eigenvalue weighted by atomic mass is 9.85. The zero-order chi connectivity index (χ0) is 27.7. The maximum atomic E-state index is 13.4. The van der Waals surface area contributed by atoms with E-state index in [1.807, 2.05) is 44.2 Å². The maximum Gasteiger partial charge on any atom is 0.200 e. The Labute approximate surface area is 224 Å². The molecule has 7 heteroatoms. The van der Waals surface area contributed by atoms with E-state index in [-0.39, 0.29) is 41.1 Å². The first kappa shape index (κ1) is 28.9. The molecule has 3 aromatic carbocycles. The van der Waals surface area contributed by atoms with Gasteiger partial charge in [-0.05, 0) is 72.6 Å². The van der Waals surface area contributed by atoms with Crippen LogP contribution in [0.2, 0.25) is 0 Å². The molecule has 0 amide bonds. The lowest BCUT2D eigenvalue weighted by Gasteiger charge is -2.22. The fourth-order valence-corrected chi connectivity index (χ4v) is 4.34. The molecule has 0 aliphatic carbocycles. The third-order valence-corrected chi connectivity index (χ3v) is 6.50. The monoisotopic (exact) mass is 522 g/mol. The Bertz CT molecular complexity index is 1190. The molecule has 4 N–H and O–H groups in total. The van der Waals surface area contributed by atoms with Gasteiger partial charge in [-0.25, -0.2) is 0 Å². The second-order valence-electron chi connectivity index (χ2n) is 10.0. The minimum Gasteiger partial charge on any atom is -0.504 e. The number of methoxy groups -OCH3 is 1. The lowest BCUT2D eigenvalue weighted by molar-refractivity contribution is -0.126. The summed E-state index contributed by atoms with van der Waals surface area (Å²) in [4.78, 5) is 13.4. The van der Waals surface area contributed by atoms with E-state index in [4.69, 9.17) is 9.47 Å². The molecule has 0 aliphatic heterocycles. The summed E-state index contributed by atoms with van der Waals surface area (Å²) in [5.74, 6) is -0.464. The molecule has 0 bridgehead atoms. The summed E-state index contributed by atoms with van der Waals surface area (Å²) in [5.41, 5.74) is 2.51. The zero-order valence-electron chi connectivity index (χ0n) is 22.3. The molecule has 2 atom stereocenters. The van der Waals surface area contributed by atoms with Crippen LogP contribution in [0, 0.1) is 11.8 Å². The minimum absolute atomic E-state index is 0.0481. The Morgan fingerprint density at radius 2 is 1.55 bits per heavy atom. The van der Waals surface area contributed by atoms with Gasteiger partial charge in [0.05, 0.1) is 19.8 Å². The van der Waals surface area contributed by atoms with E-state index in [0.29, 0.717) is 43.6 Å². The molecule has 0 saturated heterocycles. The van der Waals surface area contributed by atoms with Gasteiger partial charge >= 0.3 is 0 Å². The molecule has 0 saturated carbocycles. The standard InChI is InChI=1S/C31H38O7/c1-20(2)19-38-30-18-23(16-28(35)31(30)36)11-13-26(33)24(15-21-7-5-4-6-8-21)25(32)12-9-22-10-14-27(34)29(17-22)37-3/h4-8,10,14,16-18,20,24-25,32,34-36H,9,11-13,15,19H2,1-3H3. The number of Topliss-reactive ketones (excluding diaryl/α,β-unsaturated/α-hetero) is 1. The van der Waals surface area contributed by atoms with Gasteiger partial charge < -0.3 is 29.9 Å². The molecule has 38 heavy (non-hydrogen) atoms. The summed E-state index contributed by atoms with van der Waals surface area (Å²) < 4.78 is 10.8. The SMILES string of the molecule is COc1cc(CCC(O)C(Cc2ccccc2)C(=O)CCc2cc(O)c(O)c(OCC(C)C)c2)ccc1O. The van der Waals surface area contributed by atoms with Crippen molar-refractivity contribution in [3.63, 3.8) is 0 Å². The van der Waals surface area contributed by atoms with Crippen molar-refractivity contribution < 1.29 is 34.7 Å². The molecular weight excluding hydrogens is 484 g/mol. The quantitative estimate of drug-likeness (QED) is 0.215. The van der Waals surface area contributed by atoms with E-state index < -0.39 is 12.0 Å². The van der Waals surface area contributed by atoms with Crippen LogP contribution in [0.25, 0.3) is 0 Å². The lowest BCUT2D eigenvalue weighted by Crippen LogP contribution is -2.31. The Morgan fingerprint density at radius 3 is 2.24 bits per heavy atom. The number of aliphatic hydroxyl groups is 1. The van der Waals surface area contributed by atoms with Crippen LogP contribution in [0.15, 0.2) is 60.7 Å². The van der Waals surface area contributed by atoms with E-state index >= 15 is 0 Å². The molecule has 0 aliphatic rings. The average Bonchev–Trinajstić information content (AvgIpc) is 2.91. The first-order valence-corrected chi connectivity index (χ1v) is 13.0. The number of phenols is 3. The Kier molecular flexibility index (Phi) is 10.4. The molecule has 0 fully saturated rings. The van der Waals surface area contributed by atoms with Gasteiger partial charge in [-0.15, -0.1) is 0 Å². The summed E-state index contributed by atoms with van der Waals surface area (Å²) in [6.45, 7) is 4.35. The number of aryl methyl sites for hydroxylation is 2. The third kappa shape index (κ3) is 8.15. The maximum absolute atomic E-state index is 13.4. The first-order valence-electron chi connectivity index (χ1n) is 13.0. The number of carbonyl (C=O) groups excluding carboxylic acids is 1. The van der Waals surface area contributed by atoms with E-state index in [0.717, 1.165) is 11.1 Å². The number of ether oxygens (including phenoxy) is 2. The van der Waals surface area contributed by atoms with Crippen molar-refractivity contribution >= 4 is 5.78 Å². The number of hydrogen-bond donors (Lipinski definition) is 4. The number of carbonyl (C=O) groups is 1. The highest BCUT2D eigenvalue weighted by Crippen LogP contribution is 2.37. The number of aromatic hydroxyl groups is 3. The fraction of sp³-hybridized carbons (Fsp3) is 0.387. The van der Waals surface area contributed by atoms with Crippen LogP contribution in [0.5, 0.6) is 28.7 Å². The largest absolute Gasteiger partial charge is 0.504 e. The van der Waals surface area contributed by atoms with E-state index in [9.17, 15) is 25.2 Å². The number of benzene rings is 3. The molecular formula is C31H38O7. The van der Waals surface area contributed by atoms with E-state index in [1.165, 1.54) is 13.2 Å². The molecule has 0 radical (unpaired) electrons. The molecule has 0 heterocycles. The van der Waals surface area contributed by atoms with Crippen molar-refractivity contribution in [2.24, 2.45) is 11.8 Å². The van der Waals surface area contributed by atoms with Crippen LogP contribution >= 0.6 is 0 Å². The van der Waals surface area contributed by atoms with Gasteiger partial charge in [-0.2, -0.15) is 0 Å². The zero-order valence-corrected chi connectivity index (χ0v) is 22.3. The van der Waals surface area contributed by atoms with Gasteiger partial charge in [0.25, 0.3) is 0 Å². The predicted octanol–water partition coefficient (Wildman–Crippen LogP) is 5.20. The number of rotatable bonds is 14. The molecule has 3 rings (SSSR count). The van der Waals surface area contributed by atoms with Crippen molar-refractivity contribution in [1.82, 2.24) is 0 Å². The van der Waals surface area contributed by atoms with Gasteiger partial charge in [0.15, 0.2) is 23.0 Å². The van der Waals surface area contributed by atoms with Crippen LogP contribution in [-0.2, 0) is 24.1 Å². The van der Waals surface area contributed by atoms with E-state index in [1.54, 1.807) is 24.3 Å². The summed E-state index contributed by atoms with van der Waals surface area (Å²) in [6.07, 6.45) is 0.903. The number of hydrogen-bond acceptors (Lipinski definition) is 7.